The Hall–Kier alpha value is -0.410. The molecule has 6 aliphatic rings. The molecular formula is C22H32O3. The van der Waals surface area contributed by atoms with Gasteiger partial charge in [0, 0.05) is 5.92 Å². The topological polar surface area (TPSA) is 49.8 Å². The monoisotopic (exact) mass is 344 g/mol. The Morgan fingerprint density at radius 1 is 1.04 bits per heavy atom. The van der Waals surface area contributed by atoms with Crippen LogP contribution in [0.4, 0.5) is 0 Å². The van der Waals surface area contributed by atoms with Gasteiger partial charge in [0.25, 0.3) is 0 Å². The molecule has 3 nitrogen and oxygen atoms in total. The fourth-order valence-electron chi connectivity index (χ4n) is 8.99. The highest BCUT2D eigenvalue weighted by Crippen LogP contribution is 2.70. The zero-order chi connectivity index (χ0) is 17.0. The van der Waals surface area contributed by atoms with Crippen molar-refractivity contribution in [3.8, 4) is 0 Å². The molecule has 5 saturated carbocycles. The van der Waals surface area contributed by atoms with E-state index in [-0.39, 0.29) is 18.3 Å². The molecule has 0 aromatic carbocycles. The summed E-state index contributed by atoms with van der Waals surface area (Å²) in [6.07, 6.45) is 12.3. The van der Waals surface area contributed by atoms with Crippen LogP contribution in [-0.2, 0) is 9.53 Å². The maximum Gasteiger partial charge on any atom is 0.167 e. The van der Waals surface area contributed by atoms with Gasteiger partial charge in [0.2, 0.25) is 0 Å². The Balaban J connectivity index is 1.33. The van der Waals surface area contributed by atoms with Crippen LogP contribution >= 0.6 is 0 Å². The molecular weight excluding hydrogens is 312 g/mol. The van der Waals surface area contributed by atoms with Crippen LogP contribution in [0.25, 0.3) is 0 Å². The molecule has 1 aliphatic heterocycles. The number of epoxide rings is 1. The zero-order valence-corrected chi connectivity index (χ0v) is 15.5. The quantitative estimate of drug-likeness (QED) is 0.681. The number of aliphatic hydroxyl groups is 1. The molecule has 138 valence electrons. The first kappa shape index (κ1) is 15.6. The van der Waals surface area contributed by atoms with Gasteiger partial charge in [-0.15, -0.1) is 0 Å². The molecule has 5 unspecified atom stereocenters. The SMILES string of the molecule is C[C@]12CC[C@@H](O)C[C@@H]1CCC1C3CCC4C(=O)[C@H]5O[C@H]5CC43CCC12. The molecule has 1 heterocycles. The first-order chi connectivity index (χ1) is 12.0. The van der Waals surface area contributed by atoms with E-state index in [1.165, 1.54) is 44.9 Å². The second-order valence-corrected chi connectivity index (χ2v) is 10.7. The fraction of sp³-hybridized carbons (Fsp3) is 0.955. The Kier molecular flexibility index (Phi) is 3.06. The van der Waals surface area contributed by atoms with Crippen LogP contribution in [0.1, 0.15) is 71.1 Å². The molecule has 3 heteroatoms. The van der Waals surface area contributed by atoms with Crippen molar-refractivity contribution in [3.05, 3.63) is 0 Å². The fourth-order valence-corrected chi connectivity index (χ4v) is 8.99. The van der Waals surface area contributed by atoms with Crippen molar-refractivity contribution in [2.45, 2.75) is 89.4 Å². The van der Waals surface area contributed by atoms with Crippen LogP contribution in [0.5, 0.6) is 0 Å². The highest BCUT2D eigenvalue weighted by atomic mass is 16.6. The minimum Gasteiger partial charge on any atom is -0.393 e. The molecule has 10 atom stereocenters. The maximum absolute atomic E-state index is 12.8. The van der Waals surface area contributed by atoms with Crippen molar-refractivity contribution >= 4 is 5.78 Å². The lowest BCUT2D eigenvalue weighted by Crippen LogP contribution is -2.56. The summed E-state index contributed by atoms with van der Waals surface area (Å²) >= 11 is 0. The molecule has 0 radical (unpaired) electrons. The molecule has 6 rings (SSSR count). The summed E-state index contributed by atoms with van der Waals surface area (Å²) in [7, 11) is 0. The maximum atomic E-state index is 12.8. The number of Topliss-reactive ketones (excluding diaryl/α,β-unsaturated/α-hetero) is 1. The second-order valence-electron chi connectivity index (χ2n) is 10.7. The van der Waals surface area contributed by atoms with Crippen LogP contribution in [0.2, 0.25) is 0 Å². The number of rotatable bonds is 0. The standard InChI is InChI=1S/C22H32O3/c1-21-8-6-13(23)10-12(21)2-3-14-15(21)7-9-22-11-18-20(25-18)19(24)17(22)5-4-16(14)22/h12-18,20,23H,2-11H2,1H3/t12-,13+,14?,15?,16?,17?,18-,20-,21-,22?/m0/s1. The Bertz CT molecular complexity index is 616. The lowest BCUT2D eigenvalue weighted by molar-refractivity contribution is -0.146. The van der Waals surface area contributed by atoms with E-state index in [0.29, 0.717) is 22.5 Å². The highest BCUT2D eigenvalue weighted by molar-refractivity contribution is 5.90. The normalized spacial score (nSPS) is 62.2. The van der Waals surface area contributed by atoms with E-state index in [2.05, 4.69) is 6.92 Å². The van der Waals surface area contributed by atoms with Crippen molar-refractivity contribution < 1.29 is 14.6 Å². The van der Waals surface area contributed by atoms with Crippen molar-refractivity contribution in [2.24, 2.45) is 40.4 Å². The van der Waals surface area contributed by atoms with Crippen molar-refractivity contribution in [1.29, 1.82) is 0 Å². The van der Waals surface area contributed by atoms with Gasteiger partial charge < -0.3 is 9.84 Å². The lowest BCUT2D eigenvalue weighted by atomic mass is 9.43. The van der Waals surface area contributed by atoms with E-state index >= 15 is 0 Å². The van der Waals surface area contributed by atoms with Gasteiger partial charge in [0.05, 0.1) is 12.2 Å². The molecule has 0 aromatic heterocycles. The second kappa shape index (κ2) is 4.90. The van der Waals surface area contributed by atoms with Crippen LogP contribution in [0.15, 0.2) is 0 Å². The summed E-state index contributed by atoms with van der Waals surface area (Å²) in [6.45, 7) is 2.55. The summed E-state index contributed by atoms with van der Waals surface area (Å²) in [5.41, 5.74) is 0.742. The number of hydrogen-bond acceptors (Lipinski definition) is 3. The van der Waals surface area contributed by atoms with Gasteiger partial charge in [-0.25, -0.2) is 0 Å². The number of ketones is 1. The third-order valence-corrected chi connectivity index (χ3v) is 10.1. The number of fused-ring (bicyclic) bond motifs is 5. The predicted molar refractivity (Wildman–Crippen MR) is 93.8 cm³/mol. The Labute approximate surface area is 150 Å². The molecule has 0 aromatic rings. The molecule has 0 amide bonds. The smallest absolute Gasteiger partial charge is 0.167 e. The lowest BCUT2D eigenvalue weighted by Gasteiger charge is -2.61. The molecule has 25 heavy (non-hydrogen) atoms. The van der Waals surface area contributed by atoms with Crippen molar-refractivity contribution in [1.82, 2.24) is 0 Å². The summed E-state index contributed by atoms with van der Waals surface area (Å²) in [5.74, 6) is 3.96. The number of carbonyl (C=O) groups is 1. The molecule has 0 bridgehead atoms. The van der Waals surface area contributed by atoms with Crippen LogP contribution in [0, 0.1) is 40.4 Å². The number of hydrogen-bond donors (Lipinski definition) is 1. The number of carbonyl (C=O) groups excluding carboxylic acids is 1. The average molecular weight is 344 g/mol. The van der Waals surface area contributed by atoms with E-state index in [1.807, 2.05) is 0 Å². The summed E-state index contributed by atoms with van der Waals surface area (Å²) in [5, 5.41) is 10.2. The van der Waals surface area contributed by atoms with Crippen LogP contribution in [0.3, 0.4) is 0 Å². The molecule has 1 spiro atoms. The van der Waals surface area contributed by atoms with Crippen molar-refractivity contribution in [2.75, 3.05) is 0 Å². The van der Waals surface area contributed by atoms with E-state index in [1.54, 1.807) is 0 Å². The molecule has 1 N–H and O–H groups in total. The minimum atomic E-state index is -0.0552. The van der Waals surface area contributed by atoms with E-state index in [0.717, 1.165) is 42.9 Å². The summed E-state index contributed by atoms with van der Waals surface area (Å²) < 4.78 is 5.75. The van der Waals surface area contributed by atoms with E-state index in [4.69, 9.17) is 4.74 Å². The van der Waals surface area contributed by atoms with Gasteiger partial charge in [0.1, 0.15) is 6.10 Å². The van der Waals surface area contributed by atoms with Gasteiger partial charge in [0.15, 0.2) is 5.78 Å². The van der Waals surface area contributed by atoms with Crippen LogP contribution < -0.4 is 0 Å². The van der Waals surface area contributed by atoms with Gasteiger partial charge in [-0.1, -0.05) is 6.92 Å². The molecule has 1 saturated heterocycles. The first-order valence-corrected chi connectivity index (χ1v) is 10.9. The zero-order valence-electron chi connectivity index (χ0n) is 15.5. The third kappa shape index (κ3) is 1.87. The third-order valence-electron chi connectivity index (χ3n) is 10.1. The Morgan fingerprint density at radius 3 is 2.80 bits per heavy atom. The number of ether oxygens (including phenoxy) is 1. The summed E-state index contributed by atoms with van der Waals surface area (Å²) in [6, 6.07) is 0. The van der Waals surface area contributed by atoms with Gasteiger partial charge in [-0.05, 0) is 98.7 Å². The summed E-state index contributed by atoms with van der Waals surface area (Å²) in [4.78, 5) is 12.8. The van der Waals surface area contributed by atoms with E-state index < -0.39 is 0 Å². The van der Waals surface area contributed by atoms with Gasteiger partial charge in [-0.3, -0.25) is 4.79 Å². The van der Waals surface area contributed by atoms with Crippen molar-refractivity contribution in [3.63, 3.8) is 0 Å². The van der Waals surface area contributed by atoms with Gasteiger partial charge >= 0.3 is 0 Å². The first-order valence-electron chi connectivity index (χ1n) is 10.9. The average Bonchev–Trinajstić information content (AvgIpc) is 3.25. The number of aliphatic hydroxyl groups excluding tert-OH is 1. The van der Waals surface area contributed by atoms with Crippen LogP contribution in [-0.4, -0.2) is 29.2 Å². The minimum absolute atomic E-state index is 0.0137. The van der Waals surface area contributed by atoms with Gasteiger partial charge in [-0.2, -0.15) is 0 Å². The Morgan fingerprint density at radius 2 is 1.92 bits per heavy atom. The molecule has 6 fully saturated rings. The van der Waals surface area contributed by atoms with E-state index in [9.17, 15) is 9.90 Å². The largest absolute Gasteiger partial charge is 0.393 e. The highest BCUT2D eigenvalue weighted by Gasteiger charge is 2.69. The predicted octanol–water partition coefficient (Wildman–Crippen LogP) is 3.73. The molecule has 5 aliphatic carbocycles.